The van der Waals surface area contributed by atoms with Gasteiger partial charge in [-0.1, -0.05) is 20.8 Å². The van der Waals surface area contributed by atoms with Crippen LogP contribution in [0.15, 0.2) is 42.6 Å². The molecule has 1 aromatic carbocycles. The molecule has 2 aromatic heterocycles. The highest BCUT2D eigenvalue weighted by Gasteiger charge is 2.42. The SMILES string of the molecule is Cn1nccc1Nc1ccc2cc(OC[C@@H](O[Si](C)(C)C(C)(C)C)C(=O)OC(C)(C)C)ccc2n1. The van der Waals surface area contributed by atoms with Crippen molar-refractivity contribution in [3.8, 4) is 5.75 Å². The fraction of sp³-hybridized carbons (Fsp3) is 0.500. The van der Waals surface area contributed by atoms with Crippen LogP contribution in [0, 0.1) is 0 Å². The Morgan fingerprint density at radius 2 is 1.80 bits per heavy atom. The van der Waals surface area contributed by atoms with Crippen LogP contribution in [0.2, 0.25) is 18.1 Å². The minimum Gasteiger partial charge on any atom is -0.490 e. The van der Waals surface area contributed by atoms with Crippen molar-refractivity contribution in [2.45, 2.75) is 71.4 Å². The van der Waals surface area contributed by atoms with E-state index in [1.807, 2.05) is 64.2 Å². The lowest BCUT2D eigenvalue weighted by atomic mass is 10.2. The molecule has 0 amide bonds. The molecule has 35 heavy (non-hydrogen) atoms. The number of rotatable bonds is 8. The lowest BCUT2D eigenvalue weighted by Crippen LogP contribution is -2.49. The van der Waals surface area contributed by atoms with E-state index in [4.69, 9.17) is 13.9 Å². The Morgan fingerprint density at radius 3 is 2.40 bits per heavy atom. The normalized spacial score (nSPS) is 13.5. The van der Waals surface area contributed by atoms with Gasteiger partial charge in [-0.3, -0.25) is 4.68 Å². The van der Waals surface area contributed by atoms with Crippen LogP contribution in [0.4, 0.5) is 11.6 Å². The molecule has 0 bridgehead atoms. The van der Waals surface area contributed by atoms with Crippen LogP contribution in [-0.2, 0) is 21.0 Å². The molecule has 0 aliphatic rings. The van der Waals surface area contributed by atoms with Crippen molar-refractivity contribution in [3.05, 3.63) is 42.6 Å². The molecule has 2 heterocycles. The average molecular weight is 499 g/mol. The van der Waals surface area contributed by atoms with E-state index in [-0.39, 0.29) is 11.6 Å². The zero-order valence-electron chi connectivity index (χ0n) is 22.3. The Morgan fingerprint density at radius 1 is 1.09 bits per heavy atom. The largest absolute Gasteiger partial charge is 0.490 e. The van der Waals surface area contributed by atoms with E-state index >= 15 is 0 Å². The highest BCUT2D eigenvalue weighted by molar-refractivity contribution is 6.74. The van der Waals surface area contributed by atoms with Gasteiger partial charge in [0.15, 0.2) is 14.4 Å². The standard InChI is InChI=1S/C26H38N4O4Si/c1-25(2,3)33-24(31)21(34-35(8,9)26(4,5)6)17-32-19-11-12-20-18(16-19)10-13-22(28-20)29-23-14-15-27-30(23)7/h10-16,21H,17H2,1-9H3,(H,28,29)/t21-/m1/s1. The van der Waals surface area contributed by atoms with E-state index < -0.39 is 26.0 Å². The van der Waals surface area contributed by atoms with Gasteiger partial charge in [-0.05, 0) is 69.2 Å². The number of esters is 1. The molecule has 0 aliphatic heterocycles. The molecule has 3 aromatic rings. The molecule has 0 saturated carbocycles. The summed E-state index contributed by atoms with van der Waals surface area (Å²) >= 11 is 0. The van der Waals surface area contributed by atoms with Crippen LogP contribution in [0.5, 0.6) is 5.75 Å². The van der Waals surface area contributed by atoms with Crippen molar-refractivity contribution in [1.29, 1.82) is 0 Å². The van der Waals surface area contributed by atoms with Crippen molar-refractivity contribution in [1.82, 2.24) is 14.8 Å². The summed E-state index contributed by atoms with van der Waals surface area (Å²) < 4.78 is 19.8. The first-order valence-corrected chi connectivity index (χ1v) is 14.7. The second-order valence-electron chi connectivity index (χ2n) is 11.2. The molecule has 1 N–H and O–H groups in total. The summed E-state index contributed by atoms with van der Waals surface area (Å²) in [6.45, 7) is 16.3. The first kappa shape index (κ1) is 26.7. The number of hydrogen-bond acceptors (Lipinski definition) is 7. The topological polar surface area (TPSA) is 87.5 Å². The van der Waals surface area contributed by atoms with Gasteiger partial charge in [-0.25, -0.2) is 9.78 Å². The number of aryl methyl sites for hydroxylation is 1. The maximum atomic E-state index is 13.0. The van der Waals surface area contributed by atoms with Crippen molar-refractivity contribution in [2.75, 3.05) is 11.9 Å². The van der Waals surface area contributed by atoms with Crippen LogP contribution in [0.1, 0.15) is 41.5 Å². The maximum Gasteiger partial charge on any atom is 0.338 e. The summed E-state index contributed by atoms with van der Waals surface area (Å²) in [5, 5.41) is 8.29. The van der Waals surface area contributed by atoms with Gasteiger partial charge in [0.25, 0.3) is 0 Å². The molecule has 8 nitrogen and oxygen atoms in total. The van der Waals surface area contributed by atoms with E-state index in [9.17, 15) is 4.79 Å². The molecule has 1 atom stereocenters. The summed E-state index contributed by atoms with van der Waals surface area (Å²) in [4.78, 5) is 17.6. The van der Waals surface area contributed by atoms with E-state index in [0.29, 0.717) is 5.75 Å². The van der Waals surface area contributed by atoms with Crippen LogP contribution < -0.4 is 10.1 Å². The fourth-order valence-electron chi connectivity index (χ4n) is 3.11. The van der Waals surface area contributed by atoms with Crippen LogP contribution in [0.25, 0.3) is 10.9 Å². The smallest absolute Gasteiger partial charge is 0.338 e. The number of hydrogen-bond donors (Lipinski definition) is 1. The van der Waals surface area contributed by atoms with E-state index in [0.717, 1.165) is 22.5 Å². The first-order valence-electron chi connectivity index (χ1n) is 11.8. The Kier molecular flexibility index (Phi) is 7.61. The molecule has 0 radical (unpaired) electrons. The highest BCUT2D eigenvalue weighted by atomic mass is 28.4. The number of carbonyl (C=O) groups excluding carboxylic acids is 1. The molecule has 0 unspecified atom stereocenters. The van der Waals surface area contributed by atoms with Gasteiger partial charge in [0, 0.05) is 18.5 Å². The van der Waals surface area contributed by atoms with Crippen molar-refractivity contribution < 1.29 is 18.7 Å². The van der Waals surface area contributed by atoms with Gasteiger partial charge in [0.1, 0.15) is 29.6 Å². The van der Waals surface area contributed by atoms with Gasteiger partial charge in [-0.2, -0.15) is 5.10 Å². The number of aromatic nitrogens is 3. The molecule has 190 valence electrons. The lowest BCUT2D eigenvalue weighted by Gasteiger charge is -2.39. The van der Waals surface area contributed by atoms with Gasteiger partial charge in [-0.15, -0.1) is 0 Å². The Bertz CT molecular complexity index is 1180. The third kappa shape index (κ3) is 7.05. The number of fused-ring (bicyclic) bond motifs is 1. The van der Waals surface area contributed by atoms with Crippen LogP contribution in [0.3, 0.4) is 0 Å². The van der Waals surface area contributed by atoms with Crippen molar-refractivity contribution in [2.24, 2.45) is 7.05 Å². The van der Waals surface area contributed by atoms with Gasteiger partial charge < -0.3 is 19.2 Å². The molecule has 9 heteroatoms. The van der Waals surface area contributed by atoms with Gasteiger partial charge in [0.05, 0.1) is 11.7 Å². The monoisotopic (exact) mass is 498 g/mol. The van der Waals surface area contributed by atoms with E-state index in [1.54, 1.807) is 10.9 Å². The zero-order valence-corrected chi connectivity index (χ0v) is 23.3. The zero-order chi connectivity index (χ0) is 26.0. The molecular weight excluding hydrogens is 460 g/mol. The fourth-order valence-corrected chi connectivity index (χ4v) is 4.34. The molecule has 0 fully saturated rings. The second-order valence-corrected chi connectivity index (χ2v) is 16.0. The summed E-state index contributed by atoms with van der Waals surface area (Å²) in [5.74, 6) is 1.81. The van der Waals surface area contributed by atoms with Crippen molar-refractivity contribution in [3.63, 3.8) is 0 Å². The van der Waals surface area contributed by atoms with Crippen molar-refractivity contribution >= 4 is 36.8 Å². The molecule has 0 spiro atoms. The van der Waals surface area contributed by atoms with E-state index in [2.05, 4.69) is 49.3 Å². The maximum absolute atomic E-state index is 13.0. The highest BCUT2D eigenvalue weighted by Crippen LogP contribution is 2.37. The summed E-state index contributed by atoms with van der Waals surface area (Å²) in [6, 6.07) is 11.4. The minimum absolute atomic E-state index is 0.0525. The molecular formula is C26H38N4O4Si. The third-order valence-electron chi connectivity index (χ3n) is 6.05. The minimum atomic E-state index is -2.23. The average Bonchev–Trinajstić information content (AvgIpc) is 3.13. The van der Waals surface area contributed by atoms with Gasteiger partial charge >= 0.3 is 5.97 Å². The number of pyridine rings is 1. The number of nitrogens with one attached hydrogen (secondary N) is 1. The summed E-state index contributed by atoms with van der Waals surface area (Å²) in [7, 11) is -0.362. The molecule has 3 rings (SSSR count). The first-order chi connectivity index (χ1) is 16.1. The number of benzene rings is 1. The Hall–Kier alpha value is -2.91. The number of nitrogens with zero attached hydrogens (tertiary/aromatic N) is 3. The lowest BCUT2D eigenvalue weighted by molar-refractivity contribution is -0.165. The van der Waals surface area contributed by atoms with E-state index in [1.165, 1.54) is 0 Å². The Labute approximate surface area is 209 Å². The Balaban J connectivity index is 1.75. The predicted molar refractivity (Wildman–Crippen MR) is 142 cm³/mol. The molecule has 0 aliphatic carbocycles. The number of ether oxygens (including phenoxy) is 2. The number of anilines is 2. The number of carbonyl (C=O) groups is 1. The predicted octanol–water partition coefficient (Wildman–Crippen LogP) is 5.82. The quantitative estimate of drug-likeness (QED) is 0.309. The third-order valence-corrected chi connectivity index (χ3v) is 10.5. The van der Waals surface area contributed by atoms with Crippen LogP contribution >= 0.6 is 0 Å². The second kappa shape index (κ2) is 9.99. The molecule has 0 saturated heterocycles. The summed E-state index contributed by atoms with van der Waals surface area (Å²) in [6.07, 6.45) is 0.918. The summed E-state index contributed by atoms with van der Waals surface area (Å²) in [5.41, 5.74) is 0.216. The van der Waals surface area contributed by atoms with Gasteiger partial charge in [0.2, 0.25) is 0 Å². The van der Waals surface area contributed by atoms with Crippen LogP contribution in [-0.4, -0.2) is 47.4 Å².